The number of nitrogens with zero attached hydrogens (tertiary/aromatic N) is 2. The molecule has 7 atom stereocenters. The molecule has 3 aliphatic heterocycles. The fraction of sp³-hybridized carbons (Fsp3) is 0.500. The molecular weight excluding hydrogens is 607 g/mol. The first-order valence-corrected chi connectivity index (χ1v) is 15.3. The lowest BCUT2D eigenvalue weighted by Crippen LogP contribution is -2.78. The number of imide groups is 1. The number of hydrogen-bond donors (Lipinski definition) is 6. The molecule has 3 fully saturated rings. The number of aliphatic hydroxyl groups excluding tert-OH is 2. The first kappa shape index (κ1) is 30.5. The predicted molar refractivity (Wildman–Crippen MR) is 153 cm³/mol. The molecule has 2 aromatic rings. The second-order valence-corrected chi connectivity index (χ2v) is 13.1. The summed E-state index contributed by atoms with van der Waals surface area (Å²) in [6, 6.07) is 6.91. The Balaban J connectivity index is 0.000000296. The second kappa shape index (κ2) is 10.5. The molecule has 1 saturated heterocycles. The van der Waals surface area contributed by atoms with Crippen LogP contribution in [0, 0.1) is 11.7 Å². The number of carbonyl (C=O) groups excluding carboxylic acids is 2. The van der Waals surface area contributed by atoms with Crippen LogP contribution >= 0.6 is 0 Å². The molecule has 2 amide bonds. The van der Waals surface area contributed by atoms with E-state index in [1.54, 1.807) is 6.07 Å². The van der Waals surface area contributed by atoms with E-state index in [1.165, 1.54) is 31.0 Å². The zero-order chi connectivity index (χ0) is 32.9. The lowest BCUT2D eigenvalue weighted by atomic mass is 9.48. The predicted octanol–water partition coefficient (Wildman–Crippen LogP) is 0.638. The molecule has 13 nitrogen and oxygen atoms in total. The van der Waals surface area contributed by atoms with Gasteiger partial charge in [0, 0.05) is 18.2 Å². The van der Waals surface area contributed by atoms with Crippen LogP contribution < -0.4 is 4.74 Å². The van der Waals surface area contributed by atoms with Crippen LogP contribution in [0.4, 0.5) is 4.39 Å². The fourth-order valence-electron chi connectivity index (χ4n) is 8.55. The lowest BCUT2D eigenvalue weighted by molar-refractivity contribution is -0.196. The topological polar surface area (TPSA) is 205 Å². The highest BCUT2D eigenvalue weighted by molar-refractivity contribution is 6.21. The highest BCUT2D eigenvalue weighted by Gasteiger charge is 2.74. The normalized spacial score (nSPS) is 31.7. The van der Waals surface area contributed by atoms with Crippen molar-refractivity contribution in [1.82, 2.24) is 9.80 Å². The van der Waals surface area contributed by atoms with Gasteiger partial charge in [-0.05, 0) is 74.8 Å². The van der Waals surface area contributed by atoms with E-state index in [4.69, 9.17) is 25.2 Å². The number of carboxylic acids is 2. The number of hydrogen-bond acceptors (Lipinski definition) is 10. The number of aliphatic hydroxyl groups is 3. The van der Waals surface area contributed by atoms with E-state index in [-0.39, 0.29) is 22.9 Å². The maximum Gasteiger partial charge on any atom is 0.335 e. The van der Waals surface area contributed by atoms with E-state index in [0.717, 1.165) is 29.1 Å². The standard InChI is InChI=1S/C28H27FN2O5.C4H6O6/c29-17-3-1-2-16-21(17)26(34)31(25(16)33)18-8-9-28(35)20-12-15-6-7-19(32)23-22(15)27(28,24(18)36-23)10-11-30(20)13-14-4-5-14;5-1(3(7)8)2(6)4(9)10/h1-3,6-7,14,18,20,24,32,35H,4-5,8-13H2;1-2,5-6H,(H,7,8)(H,9,10)/t18-,20+,24-,27-,28?;/m0./s1. The summed E-state index contributed by atoms with van der Waals surface area (Å²) in [7, 11) is 0. The summed E-state index contributed by atoms with van der Waals surface area (Å²) in [5, 5.41) is 55.9. The monoisotopic (exact) mass is 640 g/mol. The van der Waals surface area contributed by atoms with Crippen molar-refractivity contribution in [3.8, 4) is 11.5 Å². The van der Waals surface area contributed by atoms with Crippen molar-refractivity contribution < 1.29 is 58.9 Å². The number of aliphatic carboxylic acids is 2. The summed E-state index contributed by atoms with van der Waals surface area (Å²) in [5.74, 6) is -4.37. The van der Waals surface area contributed by atoms with Crippen LogP contribution in [0.15, 0.2) is 30.3 Å². The van der Waals surface area contributed by atoms with Gasteiger partial charge in [0.25, 0.3) is 11.8 Å². The fourth-order valence-corrected chi connectivity index (χ4v) is 8.55. The molecule has 244 valence electrons. The molecule has 46 heavy (non-hydrogen) atoms. The smallest absolute Gasteiger partial charge is 0.335 e. The number of phenolic OH excluding ortho intramolecular Hbond substituents is 1. The highest BCUT2D eigenvalue weighted by atomic mass is 19.1. The Morgan fingerprint density at radius 3 is 2.33 bits per heavy atom. The Morgan fingerprint density at radius 2 is 1.70 bits per heavy atom. The quantitative estimate of drug-likeness (QED) is 0.241. The van der Waals surface area contributed by atoms with Crippen molar-refractivity contribution in [2.75, 3.05) is 13.1 Å². The number of aromatic hydroxyl groups is 1. The van der Waals surface area contributed by atoms with Crippen molar-refractivity contribution in [2.24, 2.45) is 5.92 Å². The van der Waals surface area contributed by atoms with Crippen LogP contribution in [-0.2, 0) is 21.4 Å². The number of ether oxygens (including phenoxy) is 1. The molecule has 6 aliphatic rings. The van der Waals surface area contributed by atoms with Crippen LogP contribution in [0.2, 0.25) is 0 Å². The van der Waals surface area contributed by atoms with E-state index in [1.807, 2.05) is 6.07 Å². The van der Waals surface area contributed by atoms with Crippen molar-refractivity contribution in [3.05, 3.63) is 58.4 Å². The molecule has 0 aromatic heterocycles. The first-order valence-electron chi connectivity index (χ1n) is 15.3. The zero-order valence-electron chi connectivity index (χ0n) is 24.5. The van der Waals surface area contributed by atoms with Gasteiger partial charge < -0.3 is 35.4 Å². The van der Waals surface area contributed by atoms with Gasteiger partial charge in [0.05, 0.1) is 28.2 Å². The molecule has 14 heteroatoms. The number of amides is 2. The Bertz CT molecular complexity index is 1660. The van der Waals surface area contributed by atoms with Gasteiger partial charge in [0.1, 0.15) is 11.9 Å². The molecule has 2 bridgehead atoms. The number of phenols is 1. The van der Waals surface area contributed by atoms with E-state index in [2.05, 4.69) is 4.90 Å². The number of carbonyl (C=O) groups is 4. The average Bonchev–Trinajstić information content (AvgIpc) is 3.70. The summed E-state index contributed by atoms with van der Waals surface area (Å²) in [4.78, 5) is 50.0. The minimum Gasteiger partial charge on any atom is -0.504 e. The lowest BCUT2D eigenvalue weighted by Gasteiger charge is -2.64. The summed E-state index contributed by atoms with van der Waals surface area (Å²) in [5.41, 5.74) is -0.203. The maximum absolute atomic E-state index is 14.6. The number of fused-ring (bicyclic) bond motifs is 1. The van der Waals surface area contributed by atoms with E-state index < -0.39 is 64.9 Å². The van der Waals surface area contributed by atoms with Crippen molar-refractivity contribution in [1.29, 1.82) is 0 Å². The highest BCUT2D eigenvalue weighted by Crippen LogP contribution is 2.66. The van der Waals surface area contributed by atoms with Gasteiger partial charge in [-0.2, -0.15) is 0 Å². The number of carboxylic acid groups (broad SMARTS) is 2. The van der Waals surface area contributed by atoms with Gasteiger partial charge in [-0.25, -0.2) is 14.0 Å². The van der Waals surface area contributed by atoms with Crippen molar-refractivity contribution >= 4 is 23.8 Å². The number of benzene rings is 2. The van der Waals surface area contributed by atoms with Gasteiger partial charge in [-0.15, -0.1) is 0 Å². The van der Waals surface area contributed by atoms with E-state index in [9.17, 15) is 33.8 Å². The van der Waals surface area contributed by atoms with E-state index >= 15 is 0 Å². The Labute approximate surface area is 261 Å². The third-order valence-electron chi connectivity index (χ3n) is 10.8. The average molecular weight is 641 g/mol. The van der Waals surface area contributed by atoms with Crippen LogP contribution in [0.25, 0.3) is 0 Å². The van der Waals surface area contributed by atoms with Gasteiger partial charge in [-0.3, -0.25) is 19.4 Å². The SMILES string of the molecule is O=C(O)C(O)C(O)C(=O)O.O=C1c2cccc(F)c2C(=O)N1[C@H]1CCC2(O)[C@H]3Cc4ccc(O)c5c4[C@@]2(CCN3CC2CC2)[C@H]1O5. The third-order valence-corrected chi connectivity index (χ3v) is 10.8. The van der Waals surface area contributed by atoms with Crippen LogP contribution in [0.3, 0.4) is 0 Å². The molecule has 1 spiro atoms. The number of rotatable bonds is 6. The molecular formula is C32H33FN2O11. The largest absolute Gasteiger partial charge is 0.504 e. The Morgan fingerprint density at radius 1 is 1.00 bits per heavy atom. The van der Waals surface area contributed by atoms with Gasteiger partial charge in [0.15, 0.2) is 23.7 Å². The van der Waals surface area contributed by atoms with Gasteiger partial charge in [0.2, 0.25) is 0 Å². The summed E-state index contributed by atoms with van der Waals surface area (Å²) in [6.45, 7) is 1.75. The molecule has 3 aliphatic carbocycles. The molecule has 3 heterocycles. The van der Waals surface area contributed by atoms with Crippen LogP contribution in [0.1, 0.15) is 63.9 Å². The molecule has 6 N–H and O–H groups in total. The number of halogens is 1. The van der Waals surface area contributed by atoms with Crippen LogP contribution in [-0.4, -0.2) is 113 Å². The summed E-state index contributed by atoms with van der Waals surface area (Å²) >= 11 is 0. The first-order chi connectivity index (χ1) is 21.8. The summed E-state index contributed by atoms with van der Waals surface area (Å²) < 4.78 is 21.1. The Hall–Kier alpha value is -4.11. The molecule has 8 rings (SSSR count). The number of likely N-dealkylation sites (tertiary alicyclic amines) is 1. The van der Waals surface area contributed by atoms with Gasteiger partial charge >= 0.3 is 11.9 Å². The maximum atomic E-state index is 14.6. The molecule has 2 aromatic carbocycles. The minimum absolute atomic E-state index is 0.00545. The zero-order valence-corrected chi connectivity index (χ0v) is 24.5. The third kappa shape index (κ3) is 4.13. The van der Waals surface area contributed by atoms with Crippen LogP contribution in [0.5, 0.6) is 11.5 Å². The molecule has 2 saturated carbocycles. The van der Waals surface area contributed by atoms with E-state index in [0.29, 0.717) is 37.4 Å². The number of piperidine rings is 1. The molecule has 3 unspecified atom stereocenters. The minimum atomic E-state index is -2.27. The molecule has 0 radical (unpaired) electrons. The van der Waals surface area contributed by atoms with Crippen molar-refractivity contribution in [3.63, 3.8) is 0 Å². The van der Waals surface area contributed by atoms with Crippen molar-refractivity contribution in [2.45, 2.75) is 79.9 Å². The summed E-state index contributed by atoms with van der Waals surface area (Å²) in [6.07, 6.45) is -0.760. The Kier molecular flexibility index (Phi) is 6.94. The second-order valence-electron chi connectivity index (χ2n) is 13.1. The van der Waals surface area contributed by atoms with Gasteiger partial charge in [-0.1, -0.05) is 12.1 Å².